The standard InChI is InChI=1S/C15H15N3O3S/c1-4-7-21-12-6-5-11(8-13(12)20-3)9-16-18-15-17-14(19)10(2)22-15/h1,5-6,8-10H,7H2,2-3H3,(H,17,18,19)/b16-9+. The van der Waals surface area contributed by atoms with Gasteiger partial charge in [0.2, 0.25) is 5.91 Å². The smallest absolute Gasteiger partial charge is 0.239 e. The van der Waals surface area contributed by atoms with Crippen LogP contribution in [0.3, 0.4) is 0 Å². The average molecular weight is 317 g/mol. The van der Waals surface area contributed by atoms with Crippen molar-refractivity contribution in [3.63, 3.8) is 0 Å². The summed E-state index contributed by atoms with van der Waals surface area (Å²) in [4.78, 5) is 11.3. The maximum Gasteiger partial charge on any atom is 0.239 e. The number of hydrogen-bond acceptors (Lipinski definition) is 6. The van der Waals surface area contributed by atoms with E-state index in [1.165, 1.54) is 11.8 Å². The Bertz CT molecular complexity index is 664. The Morgan fingerprint density at radius 2 is 2.32 bits per heavy atom. The second kappa shape index (κ2) is 7.52. The van der Waals surface area contributed by atoms with Crippen LogP contribution >= 0.6 is 11.8 Å². The number of nitrogens with one attached hydrogen (secondary N) is 1. The Labute approximate surface area is 133 Å². The number of amidine groups is 1. The van der Waals surface area contributed by atoms with Crippen molar-refractivity contribution in [1.82, 2.24) is 5.32 Å². The molecule has 1 amide bonds. The van der Waals surface area contributed by atoms with Crippen LogP contribution in [0.4, 0.5) is 0 Å². The summed E-state index contributed by atoms with van der Waals surface area (Å²) in [6.45, 7) is 1.98. The topological polar surface area (TPSA) is 72.3 Å². The van der Waals surface area contributed by atoms with E-state index in [1.54, 1.807) is 31.5 Å². The van der Waals surface area contributed by atoms with Crippen LogP contribution in [0.2, 0.25) is 0 Å². The largest absolute Gasteiger partial charge is 0.493 e. The fourth-order valence-corrected chi connectivity index (χ4v) is 2.41. The molecule has 1 aliphatic heterocycles. The average Bonchev–Trinajstić information content (AvgIpc) is 2.84. The van der Waals surface area contributed by atoms with Gasteiger partial charge in [-0.05, 0) is 30.7 Å². The first-order valence-electron chi connectivity index (χ1n) is 6.47. The Balaban J connectivity index is 2.07. The van der Waals surface area contributed by atoms with Crippen molar-refractivity contribution in [1.29, 1.82) is 0 Å². The molecule has 0 radical (unpaired) electrons. The van der Waals surface area contributed by atoms with Crippen molar-refractivity contribution >= 4 is 29.1 Å². The molecule has 1 aromatic carbocycles. The van der Waals surface area contributed by atoms with Crippen molar-refractivity contribution in [2.75, 3.05) is 13.7 Å². The molecule has 1 fully saturated rings. The second-order valence-electron chi connectivity index (χ2n) is 4.30. The van der Waals surface area contributed by atoms with Crippen molar-refractivity contribution in [3.05, 3.63) is 23.8 Å². The number of nitrogens with zero attached hydrogens (tertiary/aromatic N) is 2. The number of carbonyl (C=O) groups is 1. The minimum Gasteiger partial charge on any atom is -0.493 e. The molecule has 0 aliphatic carbocycles. The van der Waals surface area contributed by atoms with Crippen LogP contribution in [-0.4, -0.2) is 36.3 Å². The minimum atomic E-state index is -0.137. The van der Waals surface area contributed by atoms with Crippen LogP contribution < -0.4 is 14.8 Å². The van der Waals surface area contributed by atoms with Gasteiger partial charge in [-0.25, -0.2) is 0 Å². The van der Waals surface area contributed by atoms with Gasteiger partial charge >= 0.3 is 0 Å². The molecular weight excluding hydrogens is 302 g/mol. The van der Waals surface area contributed by atoms with Crippen LogP contribution in [0, 0.1) is 12.3 Å². The van der Waals surface area contributed by atoms with Crippen molar-refractivity contribution < 1.29 is 14.3 Å². The van der Waals surface area contributed by atoms with E-state index in [-0.39, 0.29) is 17.8 Å². The lowest BCUT2D eigenvalue weighted by molar-refractivity contribution is -0.118. The SMILES string of the molecule is C#CCOc1ccc(/C=N/N=C2/NC(=O)C(C)S2)cc1OC. The van der Waals surface area contributed by atoms with E-state index < -0.39 is 0 Å². The highest BCUT2D eigenvalue weighted by molar-refractivity contribution is 8.15. The number of benzene rings is 1. The third-order valence-electron chi connectivity index (χ3n) is 2.74. The molecule has 1 unspecified atom stereocenters. The van der Waals surface area contributed by atoms with E-state index in [0.717, 1.165) is 5.56 Å². The molecule has 0 aromatic heterocycles. The van der Waals surface area contributed by atoms with E-state index in [9.17, 15) is 4.79 Å². The number of thioether (sulfide) groups is 1. The van der Waals surface area contributed by atoms with Gasteiger partial charge in [-0.1, -0.05) is 17.7 Å². The normalized spacial score (nSPS) is 19.2. The first-order valence-corrected chi connectivity index (χ1v) is 7.35. The van der Waals surface area contributed by atoms with Gasteiger partial charge in [-0.3, -0.25) is 4.79 Å². The van der Waals surface area contributed by atoms with E-state index in [1.807, 2.05) is 6.92 Å². The molecule has 1 atom stereocenters. The van der Waals surface area contributed by atoms with Crippen LogP contribution in [0.15, 0.2) is 28.4 Å². The molecule has 0 spiro atoms. The summed E-state index contributed by atoms with van der Waals surface area (Å²) >= 11 is 1.34. The summed E-state index contributed by atoms with van der Waals surface area (Å²) in [5.41, 5.74) is 0.789. The van der Waals surface area contributed by atoms with Crippen LogP contribution in [0.5, 0.6) is 11.5 Å². The first-order chi connectivity index (χ1) is 10.6. The zero-order valence-electron chi connectivity index (χ0n) is 12.2. The molecule has 0 saturated carbocycles. The van der Waals surface area contributed by atoms with Gasteiger partial charge in [0.15, 0.2) is 16.7 Å². The Hall–Kier alpha value is -2.46. The number of terminal acetylenes is 1. The number of ether oxygens (including phenoxy) is 2. The fourth-order valence-electron chi connectivity index (χ4n) is 1.66. The minimum absolute atomic E-state index is 0.0596. The number of carbonyl (C=O) groups excluding carboxylic acids is 1. The van der Waals surface area contributed by atoms with E-state index in [4.69, 9.17) is 15.9 Å². The molecule has 1 N–H and O–H groups in total. The Morgan fingerprint density at radius 1 is 1.50 bits per heavy atom. The summed E-state index contributed by atoms with van der Waals surface area (Å²) in [5, 5.41) is 10.9. The predicted molar refractivity (Wildman–Crippen MR) is 87.5 cm³/mol. The summed E-state index contributed by atoms with van der Waals surface area (Å²) in [5.74, 6) is 3.46. The third-order valence-corrected chi connectivity index (χ3v) is 3.72. The molecule has 1 aromatic rings. The monoisotopic (exact) mass is 317 g/mol. The molecule has 7 heteroatoms. The lowest BCUT2D eigenvalue weighted by Crippen LogP contribution is -2.23. The number of methoxy groups -OCH3 is 1. The van der Waals surface area contributed by atoms with E-state index in [2.05, 4.69) is 21.4 Å². The summed E-state index contributed by atoms with van der Waals surface area (Å²) in [7, 11) is 1.55. The van der Waals surface area contributed by atoms with Crippen molar-refractivity contribution in [3.8, 4) is 23.8 Å². The number of amides is 1. The van der Waals surface area contributed by atoms with Gasteiger partial charge in [-0.15, -0.1) is 11.5 Å². The highest BCUT2D eigenvalue weighted by Crippen LogP contribution is 2.27. The molecule has 22 heavy (non-hydrogen) atoms. The quantitative estimate of drug-likeness (QED) is 0.509. The summed E-state index contributed by atoms with van der Waals surface area (Å²) in [6, 6.07) is 5.32. The molecule has 114 valence electrons. The maximum absolute atomic E-state index is 11.3. The van der Waals surface area contributed by atoms with Gasteiger partial charge in [0.1, 0.15) is 6.61 Å². The highest BCUT2D eigenvalue weighted by Gasteiger charge is 2.25. The molecule has 2 rings (SSSR count). The second-order valence-corrected chi connectivity index (χ2v) is 5.63. The molecule has 1 heterocycles. The Kier molecular flexibility index (Phi) is 5.44. The van der Waals surface area contributed by atoms with Crippen LogP contribution in [-0.2, 0) is 4.79 Å². The molecule has 1 aliphatic rings. The number of hydrogen-bond donors (Lipinski definition) is 1. The maximum atomic E-state index is 11.3. The van der Waals surface area contributed by atoms with Crippen molar-refractivity contribution in [2.45, 2.75) is 12.2 Å². The van der Waals surface area contributed by atoms with E-state index in [0.29, 0.717) is 16.7 Å². The molecule has 0 bridgehead atoms. The molecular formula is C15H15N3O3S. The summed E-state index contributed by atoms with van der Waals surface area (Å²) < 4.78 is 10.6. The van der Waals surface area contributed by atoms with Gasteiger partial charge in [0.25, 0.3) is 0 Å². The number of rotatable bonds is 5. The van der Waals surface area contributed by atoms with E-state index >= 15 is 0 Å². The first kappa shape index (κ1) is 15.9. The zero-order valence-corrected chi connectivity index (χ0v) is 13.0. The zero-order chi connectivity index (χ0) is 15.9. The predicted octanol–water partition coefficient (Wildman–Crippen LogP) is 1.65. The van der Waals surface area contributed by atoms with Gasteiger partial charge in [0.05, 0.1) is 18.6 Å². The molecule has 6 nitrogen and oxygen atoms in total. The van der Waals surface area contributed by atoms with Crippen LogP contribution in [0.25, 0.3) is 0 Å². The van der Waals surface area contributed by atoms with Gasteiger partial charge < -0.3 is 14.8 Å². The fraction of sp³-hybridized carbons (Fsp3) is 0.267. The summed E-state index contributed by atoms with van der Waals surface area (Å²) in [6.07, 6.45) is 6.72. The lowest BCUT2D eigenvalue weighted by atomic mass is 10.2. The third kappa shape index (κ3) is 4.02. The van der Waals surface area contributed by atoms with Crippen molar-refractivity contribution in [2.24, 2.45) is 10.2 Å². The van der Waals surface area contributed by atoms with Gasteiger partial charge in [-0.2, -0.15) is 5.10 Å². The van der Waals surface area contributed by atoms with Gasteiger partial charge in [0, 0.05) is 0 Å². The lowest BCUT2D eigenvalue weighted by Gasteiger charge is -2.08. The molecule has 1 saturated heterocycles. The Morgan fingerprint density at radius 3 is 2.95 bits per heavy atom. The highest BCUT2D eigenvalue weighted by atomic mass is 32.2. The van der Waals surface area contributed by atoms with Crippen LogP contribution in [0.1, 0.15) is 12.5 Å².